The van der Waals surface area contributed by atoms with Gasteiger partial charge >= 0.3 is 0 Å². The molecule has 0 atom stereocenters. The van der Waals surface area contributed by atoms with Gasteiger partial charge in [0.1, 0.15) is 0 Å². The van der Waals surface area contributed by atoms with E-state index in [2.05, 4.69) is 10.1 Å². The number of nitrogens with two attached hydrogens (primary N) is 1. The van der Waals surface area contributed by atoms with Gasteiger partial charge in [0.05, 0.1) is 11.6 Å². The molecule has 78 valence electrons. The van der Waals surface area contributed by atoms with Crippen molar-refractivity contribution in [3.05, 3.63) is 34.7 Å². The van der Waals surface area contributed by atoms with Crippen LogP contribution in [0, 0.1) is 6.92 Å². The van der Waals surface area contributed by atoms with Crippen molar-refractivity contribution in [1.82, 2.24) is 10.1 Å². The smallest absolute Gasteiger partial charge is 0.240 e. The van der Waals surface area contributed by atoms with Gasteiger partial charge in [0.15, 0.2) is 0 Å². The number of hydrogen-bond donors (Lipinski definition) is 1. The molecule has 0 aliphatic carbocycles. The lowest BCUT2D eigenvalue weighted by molar-refractivity contribution is 0.380. The molecule has 2 aromatic rings. The summed E-state index contributed by atoms with van der Waals surface area (Å²) in [6.45, 7) is 2.21. The molecular formula is C10H10ClN3O. The van der Waals surface area contributed by atoms with E-state index in [0.29, 0.717) is 16.7 Å². The highest BCUT2D eigenvalue weighted by molar-refractivity contribution is 6.33. The summed E-state index contributed by atoms with van der Waals surface area (Å²) in [5.74, 6) is 0.881. The van der Waals surface area contributed by atoms with Crippen LogP contribution < -0.4 is 5.73 Å². The fraction of sp³-hybridized carbons (Fsp3) is 0.200. The van der Waals surface area contributed by atoms with Gasteiger partial charge in [-0.1, -0.05) is 28.4 Å². The van der Waals surface area contributed by atoms with Crippen molar-refractivity contribution in [1.29, 1.82) is 0 Å². The Morgan fingerprint density at radius 2 is 2.27 bits per heavy atom. The third-order valence-electron chi connectivity index (χ3n) is 2.01. The molecule has 0 aliphatic rings. The summed E-state index contributed by atoms with van der Waals surface area (Å²) < 4.78 is 4.92. The molecule has 0 saturated heterocycles. The van der Waals surface area contributed by atoms with Crippen molar-refractivity contribution < 1.29 is 4.52 Å². The minimum atomic E-state index is 0.233. The zero-order valence-electron chi connectivity index (χ0n) is 8.20. The Balaban J connectivity index is 2.48. The van der Waals surface area contributed by atoms with Crippen LogP contribution in [0.1, 0.15) is 11.5 Å². The molecule has 5 heteroatoms. The monoisotopic (exact) mass is 223 g/mol. The Hall–Kier alpha value is -1.39. The molecule has 0 amide bonds. The maximum atomic E-state index is 6.03. The van der Waals surface area contributed by atoms with Crippen molar-refractivity contribution in [3.8, 4) is 11.4 Å². The zero-order valence-corrected chi connectivity index (χ0v) is 8.95. The van der Waals surface area contributed by atoms with Crippen molar-refractivity contribution in [2.24, 2.45) is 5.73 Å². The van der Waals surface area contributed by atoms with E-state index >= 15 is 0 Å². The van der Waals surface area contributed by atoms with E-state index in [9.17, 15) is 0 Å². The quantitative estimate of drug-likeness (QED) is 0.847. The fourth-order valence-corrected chi connectivity index (χ4v) is 1.46. The van der Waals surface area contributed by atoms with Gasteiger partial charge in [-0.3, -0.25) is 0 Å². The van der Waals surface area contributed by atoms with E-state index in [4.69, 9.17) is 21.9 Å². The van der Waals surface area contributed by atoms with E-state index in [-0.39, 0.29) is 6.54 Å². The summed E-state index contributed by atoms with van der Waals surface area (Å²) in [7, 11) is 0. The largest absolute Gasteiger partial charge is 0.338 e. The highest BCUT2D eigenvalue weighted by Crippen LogP contribution is 2.26. The topological polar surface area (TPSA) is 64.9 Å². The lowest BCUT2D eigenvalue weighted by Crippen LogP contribution is -1.95. The summed E-state index contributed by atoms with van der Waals surface area (Å²) in [5, 5.41) is 4.41. The molecule has 1 aromatic heterocycles. The Bertz CT molecular complexity index is 481. The predicted octanol–water partition coefficient (Wildman–Crippen LogP) is 2.16. The molecule has 0 bridgehead atoms. The molecular weight excluding hydrogens is 214 g/mol. The standard InChI is InChI=1S/C10H10ClN3O/c1-6-2-3-8(11)7(4-6)10-13-9(5-12)15-14-10/h2-4H,5,12H2,1H3. The van der Waals surface area contributed by atoms with Crippen LogP contribution in [0.3, 0.4) is 0 Å². The number of benzene rings is 1. The van der Waals surface area contributed by atoms with Crippen LogP contribution in [-0.2, 0) is 6.54 Å². The second-order valence-electron chi connectivity index (χ2n) is 3.20. The lowest BCUT2D eigenvalue weighted by Gasteiger charge is -1.99. The minimum Gasteiger partial charge on any atom is -0.338 e. The van der Waals surface area contributed by atoms with Gasteiger partial charge in [0, 0.05) is 5.56 Å². The molecule has 0 unspecified atom stereocenters. The van der Waals surface area contributed by atoms with Gasteiger partial charge < -0.3 is 10.3 Å². The van der Waals surface area contributed by atoms with Crippen LogP contribution in [-0.4, -0.2) is 10.1 Å². The average molecular weight is 224 g/mol. The first-order valence-corrected chi connectivity index (χ1v) is 4.87. The van der Waals surface area contributed by atoms with Crippen molar-refractivity contribution >= 4 is 11.6 Å². The van der Waals surface area contributed by atoms with Gasteiger partial charge in [0.25, 0.3) is 0 Å². The summed E-state index contributed by atoms with van der Waals surface area (Å²) in [5.41, 5.74) is 7.24. The molecule has 0 aliphatic heterocycles. The Labute approximate surface area is 92.0 Å². The third kappa shape index (κ3) is 2.00. The van der Waals surface area contributed by atoms with Crippen LogP contribution in [0.4, 0.5) is 0 Å². The van der Waals surface area contributed by atoms with Gasteiger partial charge in [0.2, 0.25) is 11.7 Å². The van der Waals surface area contributed by atoms with Crippen LogP contribution in [0.5, 0.6) is 0 Å². The van der Waals surface area contributed by atoms with Crippen LogP contribution in [0.25, 0.3) is 11.4 Å². The highest BCUT2D eigenvalue weighted by Gasteiger charge is 2.10. The molecule has 0 spiro atoms. The zero-order chi connectivity index (χ0) is 10.8. The molecule has 4 nitrogen and oxygen atoms in total. The first-order valence-electron chi connectivity index (χ1n) is 4.50. The van der Waals surface area contributed by atoms with E-state index < -0.39 is 0 Å². The van der Waals surface area contributed by atoms with Gasteiger partial charge in [-0.25, -0.2) is 0 Å². The molecule has 0 radical (unpaired) electrons. The van der Waals surface area contributed by atoms with Gasteiger partial charge in [-0.2, -0.15) is 4.98 Å². The Morgan fingerprint density at radius 3 is 2.93 bits per heavy atom. The second kappa shape index (κ2) is 4.00. The normalized spacial score (nSPS) is 10.6. The molecule has 1 aromatic carbocycles. The highest BCUT2D eigenvalue weighted by atomic mass is 35.5. The molecule has 15 heavy (non-hydrogen) atoms. The first kappa shape index (κ1) is 10.1. The van der Waals surface area contributed by atoms with Crippen LogP contribution in [0.2, 0.25) is 5.02 Å². The maximum absolute atomic E-state index is 6.03. The molecule has 1 heterocycles. The minimum absolute atomic E-state index is 0.233. The van der Waals surface area contributed by atoms with Crippen LogP contribution >= 0.6 is 11.6 Å². The van der Waals surface area contributed by atoms with E-state index in [0.717, 1.165) is 11.1 Å². The fourth-order valence-electron chi connectivity index (χ4n) is 1.26. The molecule has 2 N–H and O–H groups in total. The summed E-state index contributed by atoms with van der Waals surface area (Å²) in [6, 6.07) is 5.65. The van der Waals surface area contributed by atoms with Gasteiger partial charge in [-0.15, -0.1) is 0 Å². The van der Waals surface area contributed by atoms with Crippen LogP contribution in [0.15, 0.2) is 22.7 Å². The first-order chi connectivity index (χ1) is 7.20. The summed E-state index contributed by atoms with van der Waals surface area (Å²) in [6.07, 6.45) is 0. The van der Waals surface area contributed by atoms with Gasteiger partial charge in [-0.05, 0) is 19.1 Å². The average Bonchev–Trinajstić information content (AvgIpc) is 2.70. The number of rotatable bonds is 2. The van der Waals surface area contributed by atoms with E-state index in [1.807, 2.05) is 25.1 Å². The number of aryl methyl sites for hydroxylation is 1. The summed E-state index contributed by atoms with van der Waals surface area (Å²) >= 11 is 6.03. The van der Waals surface area contributed by atoms with E-state index in [1.165, 1.54) is 0 Å². The third-order valence-corrected chi connectivity index (χ3v) is 2.34. The van der Waals surface area contributed by atoms with Crippen molar-refractivity contribution in [2.75, 3.05) is 0 Å². The van der Waals surface area contributed by atoms with Crippen molar-refractivity contribution in [3.63, 3.8) is 0 Å². The number of halogens is 1. The number of nitrogens with zero attached hydrogens (tertiary/aromatic N) is 2. The van der Waals surface area contributed by atoms with Crippen molar-refractivity contribution in [2.45, 2.75) is 13.5 Å². The molecule has 0 saturated carbocycles. The second-order valence-corrected chi connectivity index (χ2v) is 3.61. The maximum Gasteiger partial charge on any atom is 0.240 e. The molecule has 2 rings (SSSR count). The molecule has 0 fully saturated rings. The SMILES string of the molecule is Cc1ccc(Cl)c(-c2noc(CN)n2)c1. The lowest BCUT2D eigenvalue weighted by atomic mass is 10.1. The number of hydrogen-bond acceptors (Lipinski definition) is 4. The predicted molar refractivity (Wildman–Crippen MR) is 57.4 cm³/mol. The summed E-state index contributed by atoms with van der Waals surface area (Å²) in [4.78, 5) is 4.11. The Morgan fingerprint density at radius 1 is 1.47 bits per heavy atom. The van der Waals surface area contributed by atoms with E-state index in [1.54, 1.807) is 0 Å². The number of aromatic nitrogens is 2. The Kier molecular flexibility index (Phi) is 2.70.